The molecule has 1 atom stereocenters. The predicted molar refractivity (Wildman–Crippen MR) is 51.8 cm³/mol. The van der Waals surface area contributed by atoms with Gasteiger partial charge < -0.3 is 15.6 Å². The van der Waals surface area contributed by atoms with Crippen LogP contribution >= 0.6 is 0 Å². The molecule has 1 rings (SSSR count). The fourth-order valence-electron chi connectivity index (χ4n) is 1.13. The zero-order chi connectivity index (χ0) is 9.84. The third kappa shape index (κ3) is 2.55. The Morgan fingerprint density at radius 3 is 3.00 bits per heavy atom. The van der Waals surface area contributed by atoms with E-state index in [0.717, 1.165) is 0 Å². The number of aromatic nitrogens is 2. The Kier molecular flexibility index (Phi) is 3.02. The predicted octanol–water partition coefficient (Wildman–Crippen LogP) is -0.447. The number of H-pyrrole nitrogens is 1. The summed E-state index contributed by atoms with van der Waals surface area (Å²) in [6, 6.07) is 0.0198. The van der Waals surface area contributed by atoms with Gasteiger partial charge in [0.2, 0.25) is 0 Å². The van der Waals surface area contributed by atoms with E-state index in [2.05, 4.69) is 9.97 Å². The summed E-state index contributed by atoms with van der Waals surface area (Å²) < 4.78 is 0. The van der Waals surface area contributed by atoms with Crippen LogP contribution in [-0.2, 0) is 0 Å². The van der Waals surface area contributed by atoms with Gasteiger partial charge >= 0.3 is 0 Å². The average molecular weight is 182 g/mol. The molecule has 0 radical (unpaired) electrons. The van der Waals surface area contributed by atoms with Crippen LogP contribution in [0.2, 0.25) is 0 Å². The SMILES string of the molecule is CC(N)CN(C)c1ncc[nH]c1=O. The minimum Gasteiger partial charge on any atom is -0.354 e. The normalized spacial score (nSPS) is 12.5. The van der Waals surface area contributed by atoms with Crippen molar-refractivity contribution in [3.63, 3.8) is 0 Å². The number of likely N-dealkylation sites (N-methyl/N-ethyl adjacent to an activating group) is 1. The number of hydrogen-bond donors (Lipinski definition) is 2. The molecule has 0 amide bonds. The lowest BCUT2D eigenvalue weighted by Crippen LogP contribution is -2.36. The van der Waals surface area contributed by atoms with Crippen LogP contribution in [0.15, 0.2) is 17.2 Å². The summed E-state index contributed by atoms with van der Waals surface area (Å²) in [6.45, 7) is 2.49. The van der Waals surface area contributed by atoms with Crippen LogP contribution < -0.4 is 16.2 Å². The first-order valence-electron chi connectivity index (χ1n) is 4.11. The van der Waals surface area contributed by atoms with Crippen LogP contribution in [-0.4, -0.2) is 29.6 Å². The summed E-state index contributed by atoms with van der Waals surface area (Å²) in [5.74, 6) is 0.403. The maximum atomic E-state index is 11.2. The van der Waals surface area contributed by atoms with Gasteiger partial charge in [0.1, 0.15) is 0 Å². The number of nitrogens with two attached hydrogens (primary N) is 1. The smallest absolute Gasteiger partial charge is 0.290 e. The average Bonchev–Trinajstić information content (AvgIpc) is 2.03. The highest BCUT2D eigenvalue weighted by molar-refractivity contribution is 5.33. The molecule has 0 saturated carbocycles. The van der Waals surface area contributed by atoms with Gasteiger partial charge in [0.15, 0.2) is 5.82 Å². The Morgan fingerprint density at radius 1 is 1.77 bits per heavy atom. The van der Waals surface area contributed by atoms with Crippen LogP contribution in [0.3, 0.4) is 0 Å². The van der Waals surface area contributed by atoms with Crippen molar-refractivity contribution >= 4 is 5.82 Å². The summed E-state index contributed by atoms with van der Waals surface area (Å²) >= 11 is 0. The molecule has 1 aromatic rings. The van der Waals surface area contributed by atoms with E-state index in [-0.39, 0.29) is 11.6 Å². The summed E-state index contributed by atoms with van der Waals surface area (Å²) in [4.78, 5) is 19.5. The quantitative estimate of drug-likeness (QED) is 0.664. The molecule has 1 aromatic heterocycles. The molecule has 13 heavy (non-hydrogen) atoms. The molecular weight excluding hydrogens is 168 g/mol. The monoisotopic (exact) mass is 182 g/mol. The molecule has 1 heterocycles. The largest absolute Gasteiger partial charge is 0.354 e. The summed E-state index contributed by atoms with van der Waals surface area (Å²) in [5.41, 5.74) is 5.41. The van der Waals surface area contributed by atoms with Gasteiger partial charge in [0.25, 0.3) is 5.56 Å². The second-order valence-corrected chi connectivity index (χ2v) is 3.10. The van der Waals surface area contributed by atoms with Gasteiger partial charge in [-0.15, -0.1) is 0 Å². The zero-order valence-corrected chi connectivity index (χ0v) is 7.82. The Balaban J connectivity index is 2.83. The molecule has 0 bridgehead atoms. The maximum Gasteiger partial charge on any atom is 0.290 e. The molecule has 0 aromatic carbocycles. The van der Waals surface area contributed by atoms with Crippen LogP contribution in [0.25, 0.3) is 0 Å². The standard InChI is InChI=1S/C8H14N4O/c1-6(9)5-12(2)7-8(13)11-4-3-10-7/h3-4,6H,5,9H2,1-2H3,(H,11,13). The summed E-state index contributed by atoms with van der Waals surface area (Å²) in [6.07, 6.45) is 3.06. The van der Waals surface area contributed by atoms with Crippen molar-refractivity contribution in [2.45, 2.75) is 13.0 Å². The lowest BCUT2D eigenvalue weighted by molar-refractivity contribution is 0.708. The molecule has 0 aliphatic rings. The summed E-state index contributed by atoms with van der Waals surface area (Å²) in [7, 11) is 1.79. The molecule has 5 nitrogen and oxygen atoms in total. The van der Waals surface area contributed by atoms with E-state index in [1.54, 1.807) is 18.1 Å². The van der Waals surface area contributed by atoms with Crippen molar-refractivity contribution in [2.24, 2.45) is 5.73 Å². The number of hydrogen-bond acceptors (Lipinski definition) is 4. The van der Waals surface area contributed by atoms with Gasteiger partial charge in [0, 0.05) is 32.0 Å². The Bertz CT molecular complexity index is 320. The van der Waals surface area contributed by atoms with E-state index in [9.17, 15) is 4.79 Å². The first-order chi connectivity index (χ1) is 6.11. The molecule has 0 aliphatic carbocycles. The topological polar surface area (TPSA) is 75.0 Å². The second-order valence-electron chi connectivity index (χ2n) is 3.10. The molecule has 3 N–H and O–H groups in total. The van der Waals surface area contributed by atoms with E-state index in [0.29, 0.717) is 12.4 Å². The second kappa shape index (κ2) is 4.04. The number of nitrogens with zero attached hydrogens (tertiary/aromatic N) is 2. The van der Waals surface area contributed by atoms with Crippen molar-refractivity contribution in [3.8, 4) is 0 Å². The highest BCUT2D eigenvalue weighted by Crippen LogP contribution is 1.98. The molecule has 0 spiro atoms. The Hall–Kier alpha value is -1.36. The Labute approximate surface area is 76.6 Å². The molecule has 0 fully saturated rings. The van der Waals surface area contributed by atoms with E-state index in [1.807, 2.05) is 6.92 Å². The molecule has 72 valence electrons. The van der Waals surface area contributed by atoms with Gasteiger partial charge in [-0.25, -0.2) is 4.98 Å². The Morgan fingerprint density at radius 2 is 2.46 bits per heavy atom. The van der Waals surface area contributed by atoms with Gasteiger partial charge in [-0.05, 0) is 6.92 Å². The van der Waals surface area contributed by atoms with Crippen LogP contribution in [0.1, 0.15) is 6.92 Å². The first kappa shape index (κ1) is 9.73. The fourth-order valence-corrected chi connectivity index (χ4v) is 1.13. The van der Waals surface area contributed by atoms with E-state index in [1.165, 1.54) is 6.20 Å². The lowest BCUT2D eigenvalue weighted by atomic mass is 10.3. The number of rotatable bonds is 3. The van der Waals surface area contributed by atoms with Crippen LogP contribution in [0.4, 0.5) is 5.82 Å². The van der Waals surface area contributed by atoms with Crippen molar-refractivity contribution < 1.29 is 0 Å². The van der Waals surface area contributed by atoms with Gasteiger partial charge in [-0.2, -0.15) is 0 Å². The number of anilines is 1. The highest BCUT2D eigenvalue weighted by Gasteiger charge is 2.07. The summed E-state index contributed by atoms with van der Waals surface area (Å²) in [5, 5.41) is 0. The molecule has 1 unspecified atom stereocenters. The van der Waals surface area contributed by atoms with E-state index < -0.39 is 0 Å². The lowest BCUT2D eigenvalue weighted by Gasteiger charge is -2.18. The van der Waals surface area contributed by atoms with Crippen LogP contribution in [0, 0.1) is 0 Å². The van der Waals surface area contributed by atoms with Gasteiger partial charge in [-0.3, -0.25) is 4.79 Å². The third-order valence-electron chi connectivity index (χ3n) is 1.61. The number of aromatic amines is 1. The molecular formula is C8H14N4O. The highest BCUT2D eigenvalue weighted by atomic mass is 16.1. The first-order valence-corrected chi connectivity index (χ1v) is 4.11. The van der Waals surface area contributed by atoms with Crippen molar-refractivity contribution in [2.75, 3.05) is 18.5 Å². The van der Waals surface area contributed by atoms with Crippen molar-refractivity contribution in [1.82, 2.24) is 9.97 Å². The van der Waals surface area contributed by atoms with E-state index >= 15 is 0 Å². The van der Waals surface area contributed by atoms with Crippen molar-refractivity contribution in [3.05, 3.63) is 22.7 Å². The maximum absolute atomic E-state index is 11.2. The third-order valence-corrected chi connectivity index (χ3v) is 1.61. The zero-order valence-electron chi connectivity index (χ0n) is 7.82. The molecule has 0 aliphatic heterocycles. The number of nitrogens with one attached hydrogen (secondary N) is 1. The van der Waals surface area contributed by atoms with Crippen molar-refractivity contribution in [1.29, 1.82) is 0 Å². The minimum atomic E-state index is -0.189. The molecule has 5 heteroatoms. The van der Waals surface area contributed by atoms with Gasteiger partial charge in [0.05, 0.1) is 0 Å². The fraction of sp³-hybridized carbons (Fsp3) is 0.500. The van der Waals surface area contributed by atoms with Crippen LogP contribution in [0.5, 0.6) is 0 Å². The van der Waals surface area contributed by atoms with Gasteiger partial charge in [-0.1, -0.05) is 0 Å². The molecule has 0 saturated heterocycles. The van der Waals surface area contributed by atoms with E-state index in [4.69, 9.17) is 5.73 Å². The minimum absolute atomic E-state index is 0.0198.